The fourth-order valence-electron chi connectivity index (χ4n) is 2.23. The van der Waals surface area contributed by atoms with Crippen molar-refractivity contribution in [1.82, 2.24) is 4.98 Å². The first-order valence-electron chi connectivity index (χ1n) is 6.79. The molecule has 3 rings (SSSR count). The van der Waals surface area contributed by atoms with Gasteiger partial charge in [-0.3, -0.25) is 0 Å². The summed E-state index contributed by atoms with van der Waals surface area (Å²) in [5.41, 5.74) is 8.09. The number of hydrogen-bond donors (Lipinski definition) is 1. The van der Waals surface area contributed by atoms with Crippen LogP contribution in [0.1, 0.15) is 27.7 Å². The summed E-state index contributed by atoms with van der Waals surface area (Å²) in [6.07, 6.45) is -4.33. The average Bonchev–Trinajstić information content (AvgIpc) is 3.15. The van der Waals surface area contributed by atoms with Gasteiger partial charge < -0.3 is 5.73 Å². The van der Waals surface area contributed by atoms with Crippen LogP contribution in [0, 0.1) is 6.92 Å². The lowest BCUT2D eigenvalue weighted by atomic mass is 10.1. The maximum Gasteiger partial charge on any atom is 0.416 e. The summed E-state index contributed by atoms with van der Waals surface area (Å²) in [7, 11) is 0. The molecule has 2 nitrogen and oxygen atoms in total. The van der Waals surface area contributed by atoms with E-state index in [1.807, 2.05) is 23.8 Å². The molecule has 0 aliphatic rings. The normalized spacial score (nSPS) is 13.3. The standard InChI is InChI=1S/C16H13F3N2S2/c1-9-14(13(20)11-6-7-22-8-11)23-15(21-9)10-2-4-12(5-3-10)16(17,18)19/h2-8,13H,20H2,1H3. The molecule has 120 valence electrons. The van der Waals surface area contributed by atoms with Crippen molar-refractivity contribution < 1.29 is 13.2 Å². The molecule has 0 aliphatic heterocycles. The van der Waals surface area contributed by atoms with Crippen molar-refractivity contribution in [3.05, 3.63) is 62.8 Å². The molecule has 0 fully saturated rings. The molecule has 0 bridgehead atoms. The third kappa shape index (κ3) is 3.31. The molecule has 2 heterocycles. The van der Waals surface area contributed by atoms with Crippen molar-refractivity contribution in [2.75, 3.05) is 0 Å². The Morgan fingerprint density at radius 1 is 1.13 bits per heavy atom. The van der Waals surface area contributed by atoms with Crippen LogP contribution in [0.25, 0.3) is 10.6 Å². The largest absolute Gasteiger partial charge is 0.416 e. The molecule has 0 radical (unpaired) electrons. The molecule has 1 atom stereocenters. The fourth-order valence-corrected chi connectivity index (χ4v) is 4.02. The van der Waals surface area contributed by atoms with Crippen LogP contribution in [0.3, 0.4) is 0 Å². The Labute approximate surface area is 139 Å². The summed E-state index contributed by atoms with van der Waals surface area (Å²) in [6.45, 7) is 1.87. The van der Waals surface area contributed by atoms with Crippen molar-refractivity contribution in [3.63, 3.8) is 0 Å². The van der Waals surface area contributed by atoms with Gasteiger partial charge in [0.15, 0.2) is 0 Å². The number of thiophene rings is 1. The van der Waals surface area contributed by atoms with Crippen molar-refractivity contribution in [2.24, 2.45) is 5.73 Å². The highest BCUT2D eigenvalue weighted by Gasteiger charge is 2.30. The zero-order valence-corrected chi connectivity index (χ0v) is 13.7. The summed E-state index contributed by atoms with van der Waals surface area (Å²) in [5, 5.41) is 4.63. The van der Waals surface area contributed by atoms with Crippen molar-refractivity contribution in [3.8, 4) is 10.6 Å². The van der Waals surface area contributed by atoms with Gasteiger partial charge in [0, 0.05) is 10.4 Å². The zero-order chi connectivity index (χ0) is 16.6. The Kier molecular flexibility index (Phi) is 4.27. The minimum absolute atomic E-state index is 0.262. The topological polar surface area (TPSA) is 38.9 Å². The molecule has 0 amide bonds. The predicted molar refractivity (Wildman–Crippen MR) is 87.6 cm³/mol. The van der Waals surface area contributed by atoms with E-state index in [2.05, 4.69) is 4.98 Å². The predicted octanol–water partition coefficient (Wildman–Crippen LogP) is 5.25. The summed E-state index contributed by atoms with van der Waals surface area (Å²) in [6, 6.07) is 6.74. The monoisotopic (exact) mass is 354 g/mol. The lowest BCUT2D eigenvalue weighted by molar-refractivity contribution is -0.137. The number of thiazole rings is 1. The molecule has 2 aromatic heterocycles. The van der Waals surface area contributed by atoms with Gasteiger partial charge in [0.2, 0.25) is 0 Å². The molecule has 23 heavy (non-hydrogen) atoms. The van der Waals surface area contributed by atoms with E-state index < -0.39 is 11.7 Å². The number of nitrogens with zero attached hydrogens (tertiary/aromatic N) is 1. The van der Waals surface area contributed by atoms with Gasteiger partial charge in [-0.1, -0.05) is 12.1 Å². The molecule has 0 saturated heterocycles. The molecule has 0 spiro atoms. The second kappa shape index (κ2) is 6.07. The Morgan fingerprint density at radius 2 is 1.83 bits per heavy atom. The molecule has 7 heteroatoms. The quantitative estimate of drug-likeness (QED) is 0.698. The van der Waals surface area contributed by atoms with E-state index in [1.165, 1.54) is 23.5 Å². The summed E-state index contributed by atoms with van der Waals surface area (Å²) < 4.78 is 37.9. The van der Waals surface area contributed by atoms with Crippen LogP contribution < -0.4 is 5.73 Å². The molecule has 1 aromatic carbocycles. The average molecular weight is 354 g/mol. The zero-order valence-electron chi connectivity index (χ0n) is 12.1. The van der Waals surface area contributed by atoms with Gasteiger partial charge in [0.05, 0.1) is 17.3 Å². The third-order valence-corrected chi connectivity index (χ3v) is 5.47. The second-order valence-electron chi connectivity index (χ2n) is 5.08. The Bertz CT molecular complexity index is 790. The van der Waals surface area contributed by atoms with Gasteiger partial charge in [0.1, 0.15) is 5.01 Å². The van der Waals surface area contributed by atoms with Crippen LogP contribution in [0.5, 0.6) is 0 Å². The van der Waals surface area contributed by atoms with Gasteiger partial charge in [-0.15, -0.1) is 11.3 Å². The first-order chi connectivity index (χ1) is 10.9. The highest BCUT2D eigenvalue weighted by molar-refractivity contribution is 7.15. The minimum Gasteiger partial charge on any atom is -0.320 e. The fraction of sp³-hybridized carbons (Fsp3) is 0.188. The van der Waals surface area contributed by atoms with Crippen LogP contribution in [-0.4, -0.2) is 4.98 Å². The van der Waals surface area contributed by atoms with Gasteiger partial charge >= 0.3 is 6.18 Å². The summed E-state index contributed by atoms with van der Waals surface area (Å²) >= 11 is 2.99. The molecular formula is C16H13F3N2S2. The number of benzene rings is 1. The number of alkyl halides is 3. The van der Waals surface area contributed by atoms with E-state index in [9.17, 15) is 13.2 Å². The van der Waals surface area contributed by atoms with Gasteiger partial charge in [-0.05, 0) is 41.4 Å². The van der Waals surface area contributed by atoms with E-state index in [4.69, 9.17) is 5.73 Å². The van der Waals surface area contributed by atoms with Crippen molar-refractivity contribution >= 4 is 22.7 Å². The lowest BCUT2D eigenvalue weighted by Gasteiger charge is -2.07. The van der Waals surface area contributed by atoms with Gasteiger partial charge in [0.25, 0.3) is 0 Å². The number of halogens is 3. The van der Waals surface area contributed by atoms with Crippen molar-refractivity contribution in [1.29, 1.82) is 0 Å². The number of aromatic nitrogens is 1. The SMILES string of the molecule is Cc1nc(-c2ccc(C(F)(F)F)cc2)sc1C(N)c1ccsc1. The minimum atomic E-state index is -4.33. The lowest BCUT2D eigenvalue weighted by Crippen LogP contribution is -2.10. The first-order valence-corrected chi connectivity index (χ1v) is 8.55. The molecule has 0 saturated carbocycles. The third-order valence-electron chi connectivity index (χ3n) is 3.48. The van der Waals surface area contributed by atoms with Crippen LogP contribution in [-0.2, 0) is 6.18 Å². The van der Waals surface area contributed by atoms with Crippen LogP contribution in [0.15, 0.2) is 41.1 Å². The number of nitrogens with two attached hydrogens (primary N) is 1. The first kappa shape index (κ1) is 16.2. The van der Waals surface area contributed by atoms with E-state index in [1.54, 1.807) is 11.3 Å². The van der Waals surface area contributed by atoms with Crippen LogP contribution in [0.2, 0.25) is 0 Å². The van der Waals surface area contributed by atoms with Crippen LogP contribution in [0.4, 0.5) is 13.2 Å². The van der Waals surface area contributed by atoms with Gasteiger partial charge in [-0.25, -0.2) is 4.98 Å². The molecular weight excluding hydrogens is 341 g/mol. The van der Waals surface area contributed by atoms with E-state index in [-0.39, 0.29) is 6.04 Å². The number of rotatable bonds is 3. The van der Waals surface area contributed by atoms with Crippen molar-refractivity contribution in [2.45, 2.75) is 19.1 Å². The highest BCUT2D eigenvalue weighted by atomic mass is 32.1. The van der Waals surface area contributed by atoms with Crippen LogP contribution >= 0.6 is 22.7 Å². The smallest absolute Gasteiger partial charge is 0.320 e. The molecule has 1 unspecified atom stereocenters. The Hall–Kier alpha value is -1.70. The maximum atomic E-state index is 12.6. The second-order valence-corrected chi connectivity index (χ2v) is 6.89. The molecule has 2 N–H and O–H groups in total. The number of aryl methyl sites for hydroxylation is 1. The Morgan fingerprint density at radius 3 is 2.39 bits per heavy atom. The summed E-state index contributed by atoms with van der Waals surface area (Å²) in [4.78, 5) is 5.39. The van der Waals surface area contributed by atoms with E-state index in [0.717, 1.165) is 28.3 Å². The summed E-state index contributed by atoms with van der Waals surface area (Å²) in [5.74, 6) is 0. The van der Waals surface area contributed by atoms with E-state index >= 15 is 0 Å². The highest BCUT2D eigenvalue weighted by Crippen LogP contribution is 2.35. The molecule has 3 aromatic rings. The maximum absolute atomic E-state index is 12.6. The van der Waals surface area contributed by atoms with E-state index in [0.29, 0.717) is 10.6 Å². The number of hydrogen-bond acceptors (Lipinski definition) is 4. The molecule has 0 aliphatic carbocycles. The Balaban J connectivity index is 1.92. The van der Waals surface area contributed by atoms with Gasteiger partial charge in [-0.2, -0.15) is 24.5 Å².